The average molecular weight is 451 g/mol. The average Bonchev–Trinajstić information content (AvgIpc) is 2.85. The summed E-state index contributed by atoms with van der Waals surface area (Å²) in [6, 6.07) is 16.0. The van der Waals surface area contributed by atoms with Gasteiger partial charge in [0.1, 0.15) is 0 Å². The fraction of sp³-hybridized carbons (Fsp3) is 0.310. The molecule has 1 aliphatic rings. The summed E-state index contributed by atoms with van der Waals surface area (Å²) < 4.78 is 48.8. The lowest BCUT2D eigenvalue weighted by Gasteiger charge is -2.27. The summed E-state index contributed by atoms with van der Waals surface area (Å²) >= 11 is 0. The van der Waals surface area contributed by atoms with Gasteiger partial charge in [-0.25, -0.2) is 13.2 Å². The number of hydrogen-bond acceptors (Lipinski definition) is 1. The van der Waals surface area contributed by atoms with E-state index in [9.17, 15) is 8.78 Å². The fourth-order valence-electron chi connectivity index (χ4n) is 4.68. The summed E-state index contributed by atoms with van der Waals surface area (Å²) in [5, 5.41) is 0. The number of methoxy groups -OCH3 is 1. The number of hydrogen-bond donors (Lipinski definition) is 0. The van der Waals surface area contributed by atoms with E-state index < -0.39 is 11.6 Å². The van der Waals surface area contributed by atoms with Crippen LogP contribution in [0.2, 0.25) is 0 Å². The van der Waals surface area contributed by atoms with Crippen LogP contribution in [0, 0.1) is 23.4 Å². The van der Waals surface area contributed by atoms with E-state index in [1.54, 1.807) is 18.2 Å². The predicted octanol–water partition coefficient (Wildman–Crippen LogP) is 8.33. The van der Waals surface area contributed by atoms with Crippen molar-refractivity contribution in [2.24, 2.45) is 5.92 Å². The predicted molar refractivity (Wildman–Crippen MR) is 128 cm³/mol. The third kappa shape index (κ3) is 5.16. The van der Waals surface area contributed by atoms with Crippen LogP contribution in [-0.4, -0.2) is 7.11 Å². The van der Waals surface area contributed by atoms with E-state index in [0.29, 0.717) is 22.6 Å². The molecule has 0 amide bonds. The van der Waals surface area contributed by atoms with Crippen molar-refractivity contribution in [3.05, 3.63) is 94.8 Å². The van der Waals surface area contributed by atoms with Crippen molar-refractivity contribution in [2.45, 2.75) is 44.9 Å². The molecule has 0 spiro atoms. The first kappa shape index (κ1) is 23.2. The lowest BCUT2D eigenvalue weighted by Crippen LogP contribution is -2.13. The van der Waals surface area contributed by atoms with Gasteiger partial charge in [-0.15, -0.1) is 0 Å². The number of allylic oxidation sites excluding steroid dienone is 1. The molecule has 4 rings (SSSR count). The molecule has 0 bridgehead atoms. The van der Waals surface area contributed by atoms with Crippen molar-refractivity contribution in [3.8, 4) is 16.9 Å². The second-order valence-corrected chi connectivity index (χ2v) is 8.75. The van der Waals surface area contributed by atoms with Crippen LogP contribution >= 0.6 is 0 Å². The first-order chi connectivity index (χ1) is 16.0. The summed E-state index contributed by atoms with van der Waals surface area (Å²) in [5.41, 5.74) is 3.42. The number of benzene rings is 3. The summed E-state index contributed by atoms with van der Waals surface area (Å²) in [5.74, 6) is -1.29. The van der Waals surface area contributed by atoms with Crippen LogP contribution in [0.15, 0.2) is 60.7 Å². The van der Waals surface area contributed by atoms with Crippen molar-refractivity contribution in [1.29, 1.82) is 0 Å². The van der Waals surface area contributed by atoms with Gasteiger partial charge < -0.3 is 4.74 Å². The summed E-state index contributed by atoms with van der Waals surface area (Å²) in [6.45, 7) is 2.06. The van der Waals surface area contributed by atoms with Gasteiger partial charge in [0.25, 0.3) is 0 Å². The molecule has 1 saturated carbocycles. The summed E-state index contributed by atoms with van der Waals surface area (Å²) in [7, 11) is 1.44. The van der Waals surface area contributed by atoms with Gasteiger partial charge in [0, 0.05) is 5.56 Å². The van der Waals surface area contributed by atoms with Crippen LogP contribution in [0.5, 0.6) is 5.75 Å². The van der Waals surface area contributed by atoms with Crippen LogP contribution in [0.1, 0.15) is 55.2 Å². The van der Waals surface area contributed by atoms with Crippen LogP contribution in [0.4, 0.5) is 13.2 Å². The number of ether oxygens (including phenoxy) is 1. The molecule has 3 aromatic carbocycles. The maximum Gasteiger partial charge on any atom is 0.166 e. The quantitative estimate of drug-likeness (QED) is 0.367. The second-order valence-electron chi connectivity index (χ2n) is 8.75. The maximum absolute atomic E-state index is 15.0. The van der Waals surface area contributed by atoms with Crippen LogP contribution in [-0.2, 0) is 6.42 Å². The van der Waals surface area contributed by atoms with E-state index in [0.717, 1.165) is 37.7 Å². The lowest BCUT2D eigenvalue weighted by molar-refractivity contribution is 0.365. The van der Waals surface area contributed by atoms with E-state index in [4.69, 9.17) is 4.74 Å². The highest BCUT2D eigenvalue weighted by atomic mass is 19.2. The zero-order valence-electron chi connectivity index (χ0n) is 19.1. The Labute approximate surface area is 193 Å². The molecule has 0 atom stereocenters. The van der Waals surface area contributed by atoms with Crippen molar-refractivity contribution >= 4 is 6.08 Å². The Morgan fingerprint density at radius 3 is 2.24 bits per heavy atom. The third-order valence-corrected chi connectivity index (χ3v) is 6.73. The Hall–Kier alpha value is -3.01. The molecule has 0 saturated heterocycles. The van der Waals surface area contributed by atoms with Gasteiger partial charge in [-0.2, -0.15) is 0 Å². The molecule has 0 aliphatic heterocycles. The van der Waals surface area contributed by atoms with Gasteiger partial charge >= 0.3 is 0 Å². The van der Waals surface area contributed by atoms with E-state index in [1.165, 1.54) is 18.7 Å². The van der Waals surface area contributed by atoms with Gasteiger partial charge in [-0.05, 0) is 78.3 Å². The first-order valence-corrected chi connectivity index (χ1v) is 11.6. The highest BCUT2D eigenvalue weighted by molar-refractivity contribution is 5.65. The smallest absolute Gasteiger partial charge is 0.166 e. The molecule has 0 heterocycles. The summed E-state index contributed by atoms with van der Waals surface area (Å²) in [6.07, 6.45) is 8.30. The van der Waals surface area contributed by atoms with Crippen LogP contribution < -0.4 is 4.74 Å². The highest BCUT2D eigenvalue weighted by Gasteiger charge is 2.25. The summed E-state index contributed by atoms with van der Waals surface area (Å²) in [4.78, 5) is 0. The molecule has 1 aliphatic carbocycles. The van der Waals surface area contributed by atoms with Crippen LogP contribution in [0.25, 0.3) is 17.2 Å². The largest absolute Gasteiger partial charge is 0.494 e. The molecular formula is C29H29F3O. The van der Waals surface area contributed by atoms with Gasteiger partial charge in [-0.3, -0.25) is 0 Å². The second kappa shape index (κ2) is 10.3. The SMILES string of the molecule is CCc1ccc(-c2ccc(C3CCC(/C=C/c4ccc(OC)c(F)c4)CC3)c(F)c2F)cc1. The highest BCUT2D eigenvalue weighted by Crippen LogP contribution is 2.39. The number of rotatable bonds is 6. The lowest BCUT2D eigenvalue weighted by atomic mass is 9.78. The minimum atomic E-state index is -0.764. The molecule has 172 valence electrons. The topological polar surface area (TPSA) is 9.23 Å². The maximum atomic E-state index is 15.0. The number of halogens is 3. The molecule has 33 heavy (non-hydrogen) atoms. The van der Waals surface area contributed by atoms with Crippen molar-refractivity contribution < 1.29 is 17.9 Å². The Balaban J connectivity index is 1.42. The Bertz CT molecular complexity index is 1130. The third-order valence-electron chi connectivity index (χ3n) is 6.73. The monoisotopic (exact) mass is 450 g/mol. The molecule has 1 fully saturated rings. The normalized spacial score (nSPS) is 18.6. The molecule has 0 aromatic heterocycles. The van der Waals surface area contributed by atoms with E-state index in [1.807, 2.05) is 36.4 Å². The standard InChI is InChI=1S/C29H29F3O/c1-3-19-6-11-22(12-7-19)24-15-16-25(29(32)28(24)31)23-13-8-20(9-14-23)4-5-21-10-17-27(33-2)26(30)18-21/h4-7,10-12,15-18,20,23H,3,8-9,13-14H2,1-2H3/b5-4+. The molecule has 4 heteroatoms. The number of aryl methyl sites for hydroxylation is 1. The Morgan fingerprint density at radius 2 is 1.61 bits per heavy atom. The zero-order chi connectivity index (χ0) is 23.4. The van der Waals surface area contributed by atoms with Crippen molar-refractivity contribution in [2.75, 3.05) is 7.11 Å². The Kier molecular flexibility index (Phi) is 7.22. The van der Waals surface area contributed by atoms with Crippen LogP contribution in [0.3, 0.4) is 0 Å². The molecule has 3 aromatic rings. The Morgan fingerprint density at radius 1 is 0.879 bits per heavy atom. The van der Waals surface area contributed by atoms with E-state index in [2.05, 4.69) is 13.0 Å². The molecule has 0 N–H and O–H groups in total. The minimum absolute atomic E-state index is 0.0131. The van der Waals surface area contributed by atoms with Crippen molar-refractivity contribution in [1.82, 2.24) is 0 Å². The fourth-order valence-corrected chi connectivity index (χ4v) is 4.68. The zero-order valence-corrected chi connectivity index (χ0v) is 19.1. The van der Waals surface area contributed by atoms with Gasteiger partial charge in [0.05, 0.1) is 7.11 Å². The van der Waals surface area contributed by atoms with Gasteiger partial charge in [0.15, 0.2) is 23.2 Å². The molecule has 0 radical (unpaired) electrons. The van der Waals surface area contributed by atoms with Crippen molar-refractivity contribution in [3.63, 3.8) is 0 Å². The van der Waals surface area contributed by atoms with E-state index >= 15 is 4.39 Å². The molecule has 0 unspecified atom stereocenters. The minimum Gasteiger partial charge on any atom is -0.494 e. The van der Waals surface area contributed by atoms with Gasteiger partial charge in [-0.1, -0.05) is 61.5 Å². The van der Waals surface area contributed by atoms with E-state index in [-0.39, 0.29) is 17.5 Å². The molecular weight excluding hydrogens is 421 g/mol. The first-order valence-electron chi connectivity index (χ1n) is 11.6. The van der Waals surface area contributed by atoms with Gasteiger partial charge in [0.2, 0.25) is 0 Å². The molecule has 1 nitrogen and oxygen atoms in total.